The zero-order valence-electron chi connectivity index (χ0n) is 12.1. The second-order valence-electron chi connectivity index (χ2n) is 5.13. The molecule has 22 heavy (non-hydrogen) atoms. The third-order valence-corrected chi connectivity index (χ3v) is 5.29. The Balaban J connectivity index is 1.94. The third-order valence-electron chi connectivity index (χ3n) is 3.74. The van der Waals surface area contributed by atoms with Crippen molar-refractivity contribution in [1.82, 2.24) is 24.9 Å². The number of nitrogens with one attached hydrogen (secondary N) is 2. The highest BCUT2D eigenvalue weighted by Gasteiger charge is 2.45. The number of sulfonamides is 1. The Hall–Kier alpha value is -2.00. The van der Waals surface area contributed by atoms with E-state index in [1.807, 2.05) is 0 Å². The van der Waals surface area contributed by atoms with Crippen molar-refractivity contribution in [2.45, 2.75) is 36.6 Å². The van der Waals surface area contributed by atoms with Crippen LogP contribution in [0.15, 0.2) is 29.7 Å². The minimum atomic E-state index is -3.78. The van der Waals surface area contributed by atoms with Crippen LogP contribution in [-0.2, 0) is 15.6 Å². The normalized spacial score (nSPS) is 17.0. The van der Waals surface area contributed by atoms with E-state index >= 15 is 0 Å². The van der Waals surface area contributed by atoms with Gasteiger partial charge in [-0.2, -0.15) is 9.82 Å². The molecule has 0 bridgehead atoms. The van der Waals surface area contributed by atoms with E-state index < -0.39 is 15.6 Å². The van der Waals surface area contributed by atoms with Crippen LogP contribution in [0.1, 0.15) is 32.0 Å². The number of pyridine rings is 1. The molecule has 1 aliphatic carbocycles. The first-order valence-electron chi connectivity index (χ1n) is 7.04. The second kappa shape index (κ2) is 5.65. The maximum Gasteiger partial charge on any atom is 0.246 e. The molecule has 1 aliphatic rings. The van der Waals surface area contributed by atoms with Gasteiger partial charge < -0.3 is 4.74 Å². The van der Waals surface area contributed by atoms with Gasteiger partial charge in [-0.05, 0) is 32.3 Å². The average molecular weight is 323 g/mol. The van der Waals surface area contributed by atoms with E-state index in [-0.39, 0.29) is 10.6 Å². The number of hydrogen-bond donors (Lipinski definition) is 2. The van der Waals surface area contributed by atoms with E-state index in [2.05, 4.69) is 24.9 Å². The fraction of sp³-hybridized carbons (Fsp3) is 0.462. The van der Waals surface area contributed by atoms with Gasteiger partial charge in [0.05, 0.1) is 18.3 Å². The fourth-order valence-electron chi connectivity index (χ4n) is 2.51. The molecule has 0 atom stereocenters. The standard InChI is InChI=1S/C13H17N5O3S/c1-2-21-10-4-7-14-8-11(10)22(19,20)18-13(5-3-6-13)12-15-9-16-17-12/h4,7-9,18H,2-3,5-6H2,1H3,(H,15,16,17). The molecule has 118 valence electrons. The SMILES string of the molecule is CCOc1ccncc1S(=O)(=O)NC1(c2ncn[nH]2)CCC1. The molecule has 0 aromatic carbocycles. The van der Waals surface area contributed by atoms with Gasteiger partial charge in [-0.3, -0.25) is 10.1 Å². The molecular formula is C13H17N5O3S. The highest BCUT2D eigenvalue weighted by Crippen LogP contribution is 2.41. The molecule has 2 heterocycles. The van der Waals surface area contributed by atoms with Crippen LogP contribution in [0.5, 0.6) is 5.75 Å². The van der Waals surface area contributed by atoms with Crippen molar-refractivity contribution in [2.24, 2.45) is 0 Å². The molecule has 2 aromatic heterocycles. The Morgan fingerprint density at radius 1 is 1.45 bits per heavy atom. The van der Waals surface area contributed by atoms with Crippen LogP contribution in [0.3, 0.4) is 0 Å². The van der Waals surface area contributed by atoms with E-state index in [1.165, 1.54) is 18.7 Å². The largest absolute Gasteiger partial charge is 0.492 e. The van der Waals surface area contributed by atoms with Crippen LogP contribution in [0.2, 0.25) is 0 Å². The molecule has 3 rings (SSSR count). The molecule has 1 saturated carbocycles. The molecule has 9 heteroatoms. The summed E-state index contributed by atoms with van der Waals surface area (Å²) >= 11 is 0. The summed E-state index contributed by atoms with van der Waals surface area (Å²) in [5, 5.41) is 6.57. The Bertz CT molecular complexity index is 741. The first kappa shape index (κ1) is 14.9. The minimum Gasteiger partial charge on any atom is -0.492 e. The van der Waals surface area contributed by atoms with Gasteiger partial charge in [0.15, 0.2) is 0 Å². The Kier molecular flexibility index (Phi) is 3.83. The number of ether oxygens (including phenoxy) is 1. The topological polar surface area (TPSA) is 110 Å². The zero-order valence-corrected chi connectivity index (χ0v) is 12.9. The second-order valence-corrected chi connectivity index (χ2v) is 6.78. The number of aromatic nitrogens is 4. The molecule has 2 aromatic rings. The van der Waals surface area contributed by atoms with Crippen molar-refractivity contribution >= 4 is 10.0 Å². The van der Waals surface area contributed by atoms with E-state index in [9.17, 15) is 8.42 Å². The molecule has 2 N–H and O–H groups in total. The molecule has 0 spiro atoms. The maximum atomic E-state index is 12.7. The van der Waals surface area contributed by atoms with Gasteiger partial charge in [-0.1, -0.05) is 0 Å². The van der Waals surface area contributed by atoms with Crippen molar-refractivity contribution in [3.8, 4) is 5.75 Å². The van der Waals surface area contributed by atoms with E-state index in [0.29, 0.717) is 25.3 Å². The summed E-state index contributed by atoms with van der Waals surface area (Å²) in [6.45, 7) is 2.17. The highest BCUT2D eigenvalue weighted by atomic mass is 32.2. The monoisotopic (exact) mass is 323 g/mol. The number of H-pyrrole nitrogens is 1. The van der Waals surface area contributed by atoms with Crippen molar-refractivity contribution in [3.63, 3.8) is 0 Å². The van der Waals surface area contributed by atoms with E-state index in [4.69, 9.17) is 4.74 Å². The van der Waals surface area contributed by atoms with Gasteiger partial charge in [0, 0.05) is 6.20 Å². The van der Waals surface area contributed by atoms with E-state index in [1.54, 1.807) is 13.0 Å². The first-order chi connectivity index (χ1) is 10.6. The Morgan fingerprint density at radius 3 is 2.86 bits per heavy atom. The summed E-state index contributed by atoms with van der Waals surface area (Å²) in [5.74, 6) is 0.821. The molecule has 8 nitrogen and oxygen atoms in total. The fourth-order valence-corrected chi connectivity index (χ4v) is 4.03. The van der Waals surface area contributed by atoms with Crippen molar-refractivity contribution < 1.29 is 13.2 Å². The van der Waals surface area contributed by atoms with Crippen LogP contribution in [0, 0.1) is 0 Å². The minimum absolute atomic E-state index is 0.0302. The summed E-state index contributed by atoms with van der Waals surface area (Å²) < 4.78 is 33.6. The third kappa shape index (κ3) is 2.57. The van der Waals surface area contributed by atoms with Crippen LogP contribution in [0.25, 0.3) is 0 Å². The summed E-state index contributed by atoms with van der Waals surface area (Å²) in [5.41, 5.74) is -0.728. The molecule has 0 radical (unpaired) electrons. The van der Waals surface area contributed by atoms with Crippen LogP contribution in [0.4, 0.5) is 0 Å². The smallest absolute Gasteiger partial charge is 0.246 e. The van der Waals surface area contributed by atoms with Crippen molar-refractivity contribution in [1.29, 1.82) is 0 Å². The Labute approximate surface area is 128 Å². The van der Waals surface area contributed by atoms with Crippen molar-refractivity contribution in [2.75, 3.05) is 6.61 Å². The predicted octanol–water partition coefficient (Wildman–Crippen LogP) is 0.956. The van der Waals surface area contributed by atoms with Crippen LogP contribution >= 0.6 is 0 Å². The maximum absolute atomic E-state index is 12.7. The lowest BCUT2D eigenvalue weighted by Crippen LogP contribution is -2.51. The van der Waals surface area contributed by atoms with Crippen LogP contribution < -0.4 is 9.46 Å². The molecule has 0 saturated heterocycles. The summed E-state index contributed by atoms with van der Waals surface area (Å²) in [6.07, 6.45) is 6.44. The summed E-state index contributed by atoms with van der Waals surface area (Å²) in [7, 11) is -3.78. The molecular weight excluding hydrogens is 306 g/mol. The lowest BCUT2D eigenvalue weighted by atomic mass is 9.77. The lowest BCUT2D eigenvalue weighted by Gasteiger charge is -2.39. The van der Waals surface area contributed by atoms with Gasteiger partial charge in [0.2, 0.25) is 10.0 Å². The van der Waals surface area contributed by atoms with Crippen LogP contribution in [-0.4, -0.2) is 35.2 Å². The van der Waals surface area contributed by atoms with Gasteiger partial charge in [-0.15, -0.1) is 0 Å². The number of hydrogen-bond acceptors (Lipinski definition) is 6. The molecule has 1 fully saturated rings. The average Bonchev–Trinajstić information content (AvgIpc) is 2.98. The number of rotatable bonds is 6. The Morgan fingerprint density at radius 2 is 2.27 bits per heavy atom. The summed E-state index contributed by atoms with van der Waals surface area (Å²) in [4.78, 5) is 8.03. The molecule has 0 aliphatic heterocycles. The number of aromatic amines is 1. The quantitative estimate of drug-likeness (QED) is 0.819. The molecule has 0 amide bonds. The lowest BCUT2D eigenvalue weighted by molar-refractivity contribution is 0.210. The molecule has 0 unspecified atom stereocenters. The predicted molar refractivity (Wildman–Crippen MR) is 77.6 cm³/mol. The zero-order chi connectivity index (χ0) is 15.6. The van der Waals surface area contributed by atoms with Crippen molar-refractivity contribution in [3.05, 3.63) is 30.6 Å². The van der Waals surface area contributed by atoms with Gasteiger partial charge in [0.25, 0.3) is 0 Å². The van der Waals surface area contributed by atoms with E-state index in [0.717, 1.165) is 6.42 Å². The number of nitrogens with zero attached hydrogens (tertiary/aromatic N) is 3. The summed E-state index contributed by atoms with van der Waals surface area (Å²) in [6, 6.07) is 1.54. The van der Waals surface area contributed by atoms with Gasteiger partial charge in [-0.25, -0.2) is 13.4 Å². The van der Waals surface area contributed by atoms with Gasteiger partial charge in [0.1, 0.15) is 22.8 Å². The first-order valence-corrected chi connectivity index (χ1v) is 8.52. The van der Waals surface area contributed by atoms with Gasteiger partial charge >= 0.3 is 0 Å². The highest BCUT2D eigenvalue weighted by molar-refractivity contribution is 7.89.